The first-order valence-electron chi connectivity index (χ1n) is 7.17. The van der Waals surface area contributed by atoms with E-state index >= 15 is 0 Å². The van der Waals surface area contributed by atoms with Crippen molar-refractivity contribution in [3.63, 3.8) is 0 Å². The third-order valence-electron chi connectivity index (χ3n) is 3.63. The van der Waals surface area contributed by atoms with Gasteiger partial charge in [0.15, 0.2) is 0 Å². The second kappa shape index (κ2) is 8.06. The van der Waals surface area contributed by atoms with Crippen LogP contribution in [-0.2, 0) is 9.47 Å². The summed E-state index contributed by atoms with van der Waals surface area (Å²) in [5, 5.41) is 3.74. The van der Waals surface area contributed by atoms with E-state index in [1.54, 1.807) is 7.11 Å². The number of ether oxygens (including phenoxy) is 2. The molecule has 1 fully saturated rings. The molecule has 0 heterocycles. The predicted molar refractivity (Wildman–Crippen MR) is 71.4 cm³/mol. The molecule has 0 amide bonds. The average Bonchev–Trinajstić information content (AvgIpc) is 2.28. The van der Waals surface area contributed by atoms with Crippen LogP contribution in [0.1, 0.15) is 52.9 Å². The van der Waals surface area contributed by atoms with Gasteiger partial charge in [-0.05, 0) is 26.2 Å². The molecule has 0 aliphatic heterocycles. The Hall–Kier alpha value is -0.120. The molecule has 1 aliphatic carbocycles. The summed E-state index contributed by atoms with van der Waals surface area (Å²) < 4.78 is 11.2. The predicted octanol–water partition coefficient (Wildman–Crippen LogP) is 2.74. The summed E-state index contributed by atoms with van der Waals surface area (Å²) >= 11 is 0. The van der Waals surface area contributed by atoms with E-state index in [1.807, 2.05) is 6.92 Å². The second-order valence-electron chi connectivity index (χ2n) is 4.98. The molecule has 1 aliphatic rings. The molecule has 1 saturated carbocycles. The van der Waals surface area contributed by atoms with Crippen molar-refractivity contribution in [1.82, 2.24) is 5.32 Å². The highest BCUT2D eigenvalue weighted by Crippen LogP contribution is 2.28. The van der Waals surface area contributed by atoms with E-state index < -0.39 is 0 Å². The van der Waals surface area contributed by atoms with E-state index in [-0.39, 0.29) is 6.10 Å². The van der Waals surface area contributed by atoms with E-state index in [0.29, 0.717) is 18.2 Å². The SMILES string of the molecule is CCCC(CCC)N[C@@H]1C[C@H](OCC)[C@@H]1OC. The van der Waals surface area contributed by atoms with Crippen LogP contribution in [0.3, 0.4) is 0 Å². The molecule has 0 aromatic carbocycles. The standard InChI is InChI=1S/C14H29NO2/c1-5-8-11(9-6-2)15-12-10-13(17-7-3)14(12)16-4/h11-15H,5-10H2,1-4H3/t12-,13+,14-/m1/s1. The van der Waals surface area contributed by atoms with Crippen LogP contribution in [0.15, 0.2) is 0 Å². The maximum atomic E-state index is 5.65. The minimum absolute atomic E-state index is 0.242. The number of nitrogens with one attached hydrogen (secondary N) is 1. The van der Waals surface area contributed by atoms with Crippen molar-refractivity contribution in [3.05, 3.63) is 0 Å². The average molecular weight is 243 g/mol. The summed E-state index contributed by atoms with van der Waals surface area (Å²) in [5.41, 5.74) is 0. The number of hydrogen-bond donors (Lipinski definition) is 1. The molecule has 102 valence electrons. The molecule has 3 atom stereocenters. The zero-order valence-corrected chi connectivity index (χ0v) is 11.9. The summed E-state index contributed by atoms with van der Waals surface area (Å²) in [6.45, 7) is 7.33. The molecule has 0 bridgehead atoms. The molecule has 0 spiro atoms. The Bertz CT molecular complexity index is 193. The van der Waals surface area contributed by atoms with E-state index in [1.165, 1.54) is 25.7 Å². The van der Waals surface area contributed by atoms with Gasteiger partial charge in [-0.25, -0.2) is 0 Å². The van der Waals surface area contributed by atoms with Gasteiger partial charge in [-0.2, -0.15) is 0 Å². The zero-order valence-electron chi connectivity index (χ0n) is 11.9. The molecule has 0 aromatic rings. The van der Waals surface area contributed by atoms with E-state index in [2.05, 4.69) is 19.2 Å². The number of methoxy groups -OCH3 is 1. The number of rotatable bonds is 9. The molecule has 0 aromatic heterocycles. The molecule has 17 heavy (non-hydrogen) atoms. The van der Waals surface area contributed by atoms with Gasteiger partial charge in [0.05, 0.1) is 12.2 Å². The molecule has 0 saturated heterocycles. The van der Waals surface area contributed by atoms with Gasteiger partial charge in [0, 0.05) is 25.8 Å². The normalized spacial score (nSPS) is 28.4. The summed E-state index contributed by atoms with van der Waals surface area (Å²) in [7, 11) is 1.79. The van der Waals surface area contributed by atoms with Gasteiger partial charge in [0.25, 0.3) is 0 Å². The Morgan fingerprint density at radius 1 is 1.18 bits per heavy atom. The van der Waals surface area contributed by atoms with Gasteiger partial charge < -0.3 is 14.8 Å². The largest absolute Gasteiger partial charge is 0.377 e. The van der Waals surface area contributed by atoms with Gasteiger partial charge in [-0.1, -0.05) is 26.7 Å². The fourth-order valence-electron chi connectivity index (χ4n) is 2.75. The zero-order chi connectivity index (χ0) is 12.7. The van der Waals surface area contributed by atoms with E-state index in [0.717, 1.165) is 13.0 Å². The van der Waals surface area contributed by atoms with Crippen LogP contribution in [0.2, 0.25) is 0 Å². The highest BCUT2D eigenvalue weighted by molar-refractivity contribution is 4.98. The van der Waals surface area contributed by atoms with Crippen LogP contribution in [0.4, 0.5) is 0 Å². The van der Waals surface area contributed by atoms with Crippen LogP contribution in [-0.4, -0.2) is 38.0 Å². The van der Waals surface area contributed by atoms with Crippen molar-refractivity contribution >= 4 is 0 Å². The summed E-state index contributed by atoms with van der Waals surface area (Å²) in [5.74, 6) is 0. The van der Waals surface area contributed by atoms with Crippen molar-refractivity contribution in [2.45, 2.75) is 77.2 Å². The lowest BCUT2D eigenvalue weighted by atomic mass is 9.84. The van der Waals surface area contributed by atoms with Crippen LogP contribution in [0.5, 0.6) is 0 Å². The van der Waals surface area contributed by atoms with Crippen LogP contribution in [0.25, 0.3) is 0 Å². The smallest absolute Gasteiger partial charge is 0.0986 e. The van der Waals surface area contributed by atoms with Crippen molar-refractivity contribution in [2.24, 2.45) is 0 Å². The fourth-order valence-corrected chi connectivity index (χ4v) is 2.75. The molecule has 1 rings (SSSR count). The Kier molecular flexibility index (Phi) is 7.09. The summed E-state index contributed by atoms with van der Waals surface area (Å²) in [6.07, 6.45) is 6.65. The molecule has 1 N–H and O–H groups in total. The highest BCUT2D eigenvalue weighted by Gasteiger charge is 2.42. The molecule has 3 heteroatoms. The van der Waals surface area contributed by atoms with Gasteiger partial charge >= 0.3 is 0 Å². The lowest BCUT2D eigenvalue weighted by Gasteiger charge is -2.45. The molecular formula is C14H29NO2. The monoisotopic (exact) mass is 243 g/mol. The van der Waals surface area contributed by atoms with E-state index in [4.69, 9.17) is 9.47 Å². The lowest BCUT2D eigenvalue weighted by molar-refractivity contribution is -0.133. The quantitative estimate of drug-likeness (QED) is 0.675. The van der Waals surface area contributed by atoms with Crippen molar-refractivity contribution < 1.29 is 9.47 Å². The van der Waals surface area contributed by atoms with E-state index in [9.17, 15) is 0 Å². The van der Waals surface area contributed by atoms with Crippen molar-refractivity contribution in [3.8, 4) is 0 Å². The molecular weight excluding hydrogens is 214 g/mol. The minimum atomic E-state index is 0.242. The Labute approximate surface area is 106 Å². The summed E-state index contributed by atoms with van der Waals surface area (Å²) in [4.78, 5) is 0. The lowest BCUT2D eigenvalue weighted by Crippen LogP contribution is -2.61. The highest BCUT2D eigenvalue weighted by atomic mass is 16.5. The minimum Gasteiger partial charge on any atom is -0.377 e. The Morgan fingerprint density at radius 3 is 2.29 bits per heavy atom. The van der Waals surface area contributed by atoms with Gasteiger partial charge in [0.1, 0.15) is 0 Å². The third-order valence-corrected chi connectivity index (χ3v) is 3.63. The van der Waals surface area contributed by atoms with Crippen LogP contribution < -0.4 is 5.32 Å². The maximum absolute atomic E-state index is 5.65. The van der Waals surface area contributed by atoms with Crippen molar-refractivity contribution in [2.75, 3.05) is 13.7 Å². The second-order valence-corrected chi connectivity index (χ2v) is 4.98. The first kappa shape index (κ1) is 14.9. The Balaban J connectivity index is 2.35. The molecule has 0 radical (unpaired) electrons. The van der Waals surface area contributed by atoms with Crippen LogP contribution in [0, 0.1) is 0 Å². The first-order valence-corrected chi connectivity index (χ1v) is 7.17. The first-order chi connectivity index (χ1) is 8.26. The maximum Gasteiger partial charge on any atom is 0.0986 e. The van der Waals surface area contributed by atoms with Gasteiger partial charge in [-0.3, -0.25) is 0 Å². The third kappa shape index (κ3) is 4.23. The molecule has 0 unspecified atom stereocenters. The van der Waals surface area contributed by atoms with Crippen LogP contribution >= 0.6 is 0 Å². The van der Waals surface area contributed by atoms with Crippen molar-refractivity contribution in [1.29, 1.82) is 0 Å². The fraction of sp³-hybridized carbons (Fsp3) is 1.00. The molecule has 3 nitrogen and oxygen atoms in total. The number of hydrogen-bond acceptors (Lipinski definition) is 3. The van der Waals surface area contributed by atoms with Gasteiger partial charge in [-0.15, -0.1) is 0 Å². The topological polar surface area (TPSA) is 30.5 Å². The summed E-state index contributed by atoms with van der Waals surface area (Å²) in [6, 6.07) is 1.13. The van der Waals surface area contributed by atoms with Gasteiger partial charge in [0.2, 0.25) is 0 Å². The Morgan fingerprint density at radius 2 is 1.82 bits per heavy atom.